The zero-order valence-electron chi connectivity index (χ0n) is 20.7. The van der Waals surface area contributed by atoms with Crippen LogP contribution in [0.2, 0.25) is 0 Å². The van der Waals surface area contributed by atoms with Crippen molar-refractivity contribution in [1.29, 1.82) is 0 Å². The Morgan fingerprint density at radius 1 is 0.743 bits per heavy atom. The zero-order chi connectivity index (χ0) is 26.5. The van der Waals surface area contributed by atoms with Gasteiger partial charge in [0.25, 0.3) is 0 Å². The fourth-order valence-corrected chi connectivity index (χ4v) is 3.26. The van der Waals surface area contributed by atoms with Crippen LogP contribution in [0.5, 0.6) is 0 Å². The third-order valence-corrected chi connectivity index (χ3v) is 5.40. The van der Waals surface area contributed by atoms with Crippen LogP contribution >= 0.6 is 0 Å². The highest BCUT2D eigenvalue weighted by atomic mass is 19.2. The maximum atomic E-state index is 12.9. The van der Waals surface area contributed by atoms with Gasteiger partial charge in [0.15, 0.2) is 0 Å². The number of carbonyl (C=O) groups is 4. The van der Waals surface area contributed by atoms with E-state index in [1.807, 2.05) is 0 Å². The molecule has 0 aliphatic heterocycles. The average molecular weight is 508 g/mol. The molecular formula is C22H43F2N7O4. The van der Waals surface area contributed by atoms with Gasteiger partial charge in [0.05, 0.1) is 6.04 Å². The van der Waals surface area contributed by atoms with E-state index in [0.717, 1.165) is 0 Å². The first-order valence-corrected chi connectivity index (χ1v) is 12.3. The molecule has 0 aliphatic rings. The Bertz CT molecular complexity index is 629. The summed E-state index contributed by atoms with van der Waals surface area (Å²) in [5.41, 5.74) is 14.3. The molecule has 0 saturated heterocycles. The first-order chi connectivity index (χ1) is 16.8. The quantitative estimate of drug-likeness (QED) is 0.0777. The number of carbonyl (C=O) groups excluding carboxylic acids is 4. The number of unbranched alkanes of at least 4 members (excludes halogenated alkanes) is 3. The van der Waals surface area contributed by atoms with Crippen LogP contribution in [0, 0.1) is 0 Å². The lowest BCUT2D eigenvalue weighted by atomic mass is 10.1. The van der Waals surface area contributed by atoms with Gasteiger partial charge in [0.2, 0.25) is 17.7 Å². The molecule has 0 aromatic rings. The number of halogens is 2. The Labute approximate surface area is 206 Å². The highest BCUT2D eigenvalue weighted by molar-refractivity contribution is 5.89. The molecule has 0 aliphatic carbocycles. The summed E-state index contributed by atoms with van der Waals surface area (Å²) in [6.45, 7) is 2.49. The molecule has 0 aromatic heterocycles. The van der Waals surface area contributed by atoms with Crippen LogP contribution in [0.15, 0.2) is 0 Å². The Hall–Kier alpha value is -2.22. The van der Waals surface area contributed by atoms with Gasteiger partial charge in [0, 0.05) is 26.1 Å². The van der Waals surface area contributed by atoms with E-state index in [-0.39, 0.29) is 38.3 Å². The number of hydrogen-bond donors (Lipinski definition) is 7. The van der Waals surface area contributed by atoms with Gasteiger partial charge in [0.1, 0.15) is 17.9 Å². The Morgan fingerprint density at radius 2 is 1.31 bits per heavy atom. The molecular weight excluding hydrogens is 464 g/mol. The predicted octanol–water partition coefficient (Wildman–Crippen LogP) is -0.204. The summed E-state index contributed by atoms with van der Waals surface area (Å²) in [6, 6.07) is -2.64. The SMILES string of the molecule is CC(=O)CCNC(=O)[C@H](CCCCNC(=O)[C@H](CCCCN)NF)NC(=O)[C@H](N)CCCCNF. The van der Waals surface area contributed by atoms with Crippen LogP contribution in [0.1, 0.15) is 71.1 Å². The lowest BCUT2D eigenvalue weighted by Crippen LogP contribution is -2.51. The van der Waals surface area contributed by atoms with E-state index in [2.05, 4.69) is 16.0 Å². The summed E-state index contributed by atoms with van der Waals surface area (Å²) in [6.07, 6.45) is 4.51. The zero-order valence-corrected chi connectivity index (χ0v) is 20.7. The molecule has 0 unspecified atom stereocenters. The molecule has 0 rings (SSSR count). The molecule has 0 bridgehead atoms. The molecule has 0 saturated carbocycles. The highest BCUT2D eigenvalue weighted by Gasteiger charge is 2.23. The summed E-state index contributed by atoms with van der Waals surface area (Å²) in [5, 5.41) is 7.93. The Kier molecular flexibility index (Phi) is 19.8. The van der Waals surface area contributed by atoms with Crippen molar-refractivity contribution in [3.05, 3.63) is 0 Å². The van der Waals surface area contributed by atoms with Crippen LogP contribution in [0.25, 0.3) is 0 Å². The molecule has 204 valence electrons. The summed E-state index contributed by atoms with van der Waals surface area (Å²) >= 11 is 0. The summed E-state index contributed by atoms with van der Waals surface area (Å²) in [5.74, 6) is -1.45. The van der Waals surface area contributed by atoms with Crippen LogP contribution in [-0.4, -0.2) is 67.8 Å². The topological polar surface area (TPSA) is 180 Å². The molecule has 3 atom stereocenters. The lowest BCUT2D eigenvalue weighted by Gasteiger charge is -2.21. The van der Waals surface area contributed by atoms with Crippen LogP contribution in [-0.2, 0) is 19.2 Å². The standard InChI is InChI=1S/C22H43F2N7O4/c1-16(32)11-15-28-21(34)18(30-20(33)17(26)8-3-7-14-29-23)9-4-6-13-27-22(35)19(31-24)10-2-5-12-25/h17-19,29,31H,2-15,25-26H2,1H3,(H,27,35)(H,28,34)(H,30,33)/t17-,18+,19+/m1/s1. The fraction of sp³-hybridized carbons (Fsp3) is 0.818. The van der Waals surface area contributed by atoms with E-state index in [1.54, 1.807) is 0 Å². The van der Waals surface area contributed by atoms with Gasteiger partial charge in [-0.05, 0) is 58.4 Å². The normalized spacial score (nSPS) is 13.5. The van der Waals surface area contributed by atoms with Crippen molar-refractivity contribution < 1.29 is 28.1 Å². The highest BCUT2D eigenvalue weighted by Crippen LogP contribution is 2.05. The molecule has 0 aromatic carbocycles. The minimum Gasteiger partial charge on any atom is -0.355 e. The summed E-state index contributed by atoms with van der Waals surface area (Å²) in [7, 11) is 0. The number of amides is 3. The number of Topliss-reactive ketones (excluding diaryl/α,β-unsaturated/α-hetero) is 1. The van der Waals surface area contributed by atoms with Gasteiger partial charge in [-0.1, -0.05) is 12.8 Å². The van der Waals surface area contributed by atoms with Crippen molar-refractivity contribution in [2.75, 3.05) is 26.2 Å². The molecule has 35 heavy (non-hydrogen) atoms. The minimum absolute atomic E-state index is 0.0736. The van der Waals surface area contributed by atoms with Crippen molar-refractivity contribution in [2.24, 2.45) is 11.5 Å². The van der Waals surface area contributed by atoms with E-state index in [4.69, 9.17) is 11.5 Å². The van der Waals surface area contributed by atoms with Crippen LogP contribution in [0.4, 0.5) is 8.96 Å². The molecule has 11 nitrogen and oxygen atoms in total. The van der Waals surface area contributed by atoms with E-state index in [9.17, 15) is 28.1 Å². The van der Waals surface area contributed by atoms with Crippen molar-refractivity contribution >= 4 is 23.5 Å². The Morgan fingerprint density at radius 3 is 1.94 bits per heavy atom. The second-order valence-corrected chi connectivity index (χ2v) is 8.52. The largest absolute Gasteiger partial charge is 0.355 e. The number of nitrogens with two attached hydrogens (primary N) is 2. The van der Waals surface area contributed by atoms with Crippen molar-refractivity contribution in [2.45, 2.75) is 89.3 Å². The number of nitrogens with one attached hydrogen (secondary N) is 5. The first-order valence-electron chi connectivity index (χ1n) is 12.3. The smallest absolute Gasteiger partial charge is 0.242 e. The molecule has 0 fully saturated rings. The molecule has 0 spiro atoms. The molecule has 9 N–H and O–H groups in total. The maximum absolute atomic E-state index is 12.9. The van der Waals surface area contributed by atoms with Gasteiger partial charge in [-0.3, -0.25) is 19.2 Å². The molecule has 3 amide bonds. The van der Waals surface area contributed by atoms with Gasteiger partial charge in [-0.2, -0.15) is 5.54 Å². The molecule has 0 heterocycles. The number of hydrogen-bond acceptors (Lipinski definition) is 8. The minimum atomic E-state index is -0.942. The summed E-state index contributed by atoms with van der Waals surface area (Å²) in [4.78, 5) is 48.2. The van der Waals surface area contributed by atoms with Crippen molar-refractivity contribution in [3.8, 4) is 0 Å². The van der Waals surface area contributed by atoms with E-state index in [0.29, 0.717) is 57.9 Å². The molecule has 0 radical (unpaired) electrons. The second-order valence-electron chi connectivity index (χ2n) is 8.52. The first kappa shape index (κ1) is 32.8. The third-order valence-electron chi connectivity index (χ3n) is 5.40. The van der Waals surface area contributed by atoms with Gasteiger partial charge in [-0.15, -0.1) is 14.5 Å². The van der Waals surface area contributed by atoms with Gasteiger partial charge < -0.3 is 27.4 Å². The van der Waals surface area contributed by atoms with Crippen LogP contribution in [0.3, 0.4) is 0 Å². The van der Waals surface area contributed by atoms with E-state index >= 15 is 0 Å². The number of ketones is 1. The van der Waals surface area contributed by atoms with Crippen molar-refractivity contribution in [1.82, 2.24) is 27.0 Å². The van der Waals surface area contributed by atoms with Crippen molar-refractivity contribution in [3.63, 3.8) is 0 Å². The second kappa shape index (κ2) is 21.1. The lowest BCUT2D eigenvalue weighted by molar-refractivity contribution is -0.130. The van der Waals surface area contributed by atoms with Gasteiger partial charge in [-0.25, -0.2) is 0 Å². The fourth-order valence-electron chi connectivity index (χ4n) is 3.26. The average Bonchev–Trinajstić information content (AvgIpc) is 2.82. The molecule has 13 heteroatoms. The van der Waals surface area contributed by atoms with E-state index in [1.165, 1.54) is 18.0 Å². The van der Waals surface area contributed by atoms with Crippen LogP contribution < -0.4 is 38.5 Å². The summed E-state index contributed by atoms with van der Waals surface area (Å²) < 4.78 is 24.8. The predicted molar refractivity (Wildman–Crippen MR) is 129 cm³/mol. The monoisotopic (exact) mass is 507 g/mol. The van der Waals surface area contributed by atoms with E-state index < -0.39 is 35.8 Å². The number of rotatable bonds is 22. The Balaban J connectivity index is 4.63. The maximum Gasteiger partial charge on any atom is 0.242 e. The van der Waals surface area contributed by atoms with Gasteiger partial charge >= 0.3 is 0 Å². The third kappa shape index (κ3) is 16.9.